The van der Waals surface area contributed by atoms with Crippen LogP contribution >= 0.6 is 0 Å². The van der Waals surface area contributed by atoms with Gasteiger partial charge in [0.05, 0.1) is 28.8 Å². The van der Waals surface area contributed by atoms with Crippen molar-refractivity contribution in [3.05, 3.63) is 23.5 Å². The summed E-state index contributed by atoms with van der Waals surface area (Å²) >= 11 is 0. The maximum atomic E-state index is 12.7. The second kappa shape index (κ2) is 5.44. The van der Waals surface area contributed by atoms with Crippen molar-refractivity contribution in [2.24, 2.45) is 0 Å². The summed E-state index contributed by atoms with van der Waals surface area (Å²) in [7, 11) is 0. The molecular formula is C15H19N3O3. The van der Waals surface area contributed by atoms with Gasteiger partial charge in [-0.05, 0) is 39.2 Å². The van der Waals surface area contributed by atoms with Crippen molar-refractivity contribution in [2.45, 2.75) is 45.3 Å². The topological polar surface area (TPSA) is 79.5 Å². The molecule has 3 rings (SSSR count). The van der Waals surface area contributed by atoms with E-state index in [1.54, 1.807) is 17.9 Å². The van der Waals surface area contributed by atoms with Gasteiger partial charge in [-0.25, -0.2) is 4.98 Å². The van der Waals surface area contributed by atoms with E-state index in [0.29, 0.717) is 17.8 Å². The number of aliphatic hydroxyl groups excluding tert-OH is 1. The summed E-state index contributed by atoms with van der Waals surface area (Å²) in [6.07, 6.45) is 3.84. The highest BCUT2D eigenvalue weighted by Crippen LogP contribution is 2.23. The summed E-state index contributed by atoms with van der Waals surface area (Å²) in [5.74, 6) is -0.0874. The molecule has 2 aromatic heterocycles. The van der Waals surface area contributed by atoms with E-state index >= 15 is 0 Å². The number of likely N-dealkylation sites (tertiary alicyclic amines) is 1. The van der Waals surface area contributed by atoms with Gasteiger partial charge in [-0.2, -0.15) is 0 Å². The fourth-order valence-electron chi connectivity index (χ4n) is 2.94. The largest absolute Gasteiger partial charge is 0.391 e. The predicted octanol–water partition coefficient (Wildman–Crippen LogP) is 1.91. The molecule has 6 heteroatoms. The standard InChI is InChI=1S/C15H19N3O3/c1-9-12-7-11(8-16-14(12)21-17-9)15(20)18-6-4-3-5-13(18)10(2)19/h7-8,10,13,19H,3-6H2,1-2H3. The van der Waals surface area contributed by atoms with Gasteiger partial charge in [-0.3, -0.25) is 4.79 Å². The van der Waals surface area contributed by atoms with Gasteiger partial charge in [0, 0.05) is 12.7 Å². The first-order chi connectivity index (χ1) is 10.1. The highest BCUT2D eigenvalue weighted by Gasteiger charge is 2.30. The van der Waals surface area contributed by atoms with Crippen molar-refractivity contribution >= 4 is 17.0 Å². The van der Waals surface area contributed by atoms with E-state index in [1.807, 2.05) is 6.92 Å². The third kappa shape index (κ3) is 2.51. The third-order valence-electron chi connectivity index (χ3n) is 4.12. The van der Waals surface area contributed by atoms with E-state index < -0.39 is 6.10 Å². The molecule has 0 saturated carbocycles. The van der Waals surface area contributed by atoms with Crippen LogP contribution in [0.15, 0.2) is 16.8 Å². The monoisotopic (exact) mass is 289 g/mol. The molecule has 0 spiro atoms. The number of pyridine rings is 1. The molecule has 2 unspecified atom stereocenters. The van der Waals surface area contributed by atoms with Crippen LogP contribution in [0.4, 0.5) is 0 Å². The van der Waals surface area contributed by atoms with Crippen LogP contribution in [0.2, 0.25) is 0 Å². The number of hydrogen-bond donors (Lipinski definition) is 1. The summed E-state index contributed by atoms with van der Waals surface area (Å²) in [5, 5.41) is 14.5. The second-order valence-corrected chi connectivity index (χ2v) is 5.65. The van der Waals surface area contributed by atoms with Crippen LogP contribution in [0.5, 0.6) is 0 Å². The van der Waals surface area contributed by atoms with Gasteiger partial charge >= 0.3 is 0 Å². The van der Waals surface area contributed by atoms with Crippen LogP contribution in [0.1, 0.15) is 42.2 Å². The van der Waals surface area contributed by atoms with Gasteiger partial charge in [0.2, 0.25) is 0 Å². The van der Waals surface area contributed by atoms with Crippen LogP contribution in [0.3, 0.4) is 0 Å². The van der Waals surface area contributed by atoms with Gasteiger partial charge in [0.15, 0.2) is 0 Å². The molecule has 6 nitrogen and oxygen atoms in total. The molecule has 2 atom stereocenters. The zero-order chi connectivity index (χ0) is 15.0. The molecule has 0 aromatic carbocycles. The number of amides is 1. The zero-order valence-corrected chi connectivity index (χ0v) is 12.2. The maximum Gasteiger partial charge on any atom is 0.257 e. The number of hydrogen-bond acceptors (Lipinski definition) is 5. The number of nitrogens with zero attached hydrogens (tertiary/aromatic N) is 3. The van der Waals surface area contributed by atoms with Gasteiger partial charge < -0.3 is 14.5 Å². The number of aromatic nitrogens is 2. The molecule has 1 saturated heterocycles. The molecule has 1 aliphatic rings. The maximum absolute atomic E-state index is 12.7. The fraction of sp³-hybridized carbons (Fsp3) is 0.533. The van der Waals surface area contributed by atoms with Crippen LogP contribution in [-0.2, 0) is 0 Å². The van der Waals surface area contributed by atoms with Crippen LogP contribution in [0, 0.1) is 6.92 Å². The van der Waals surface area contributed by atoms with E-state index in [-0.39, 0.29) is 11.9 Å². The van der Waals surface area contributed by atoms with Gasteiger partial charge in [-0.1, -0.05) is 5.16 Å². The quantitative estimate of drug-likeness (QED) is 0.913. The van der Waals surface area contributed by atoms with Crippen molar-refractivity contribution in [1.29, 1.82) is 0 Å². The number of carbonyl (C=O) groups excluding carboxylic acids is 1. The number of aliphatic hydroxyl groups is 1. The summed E-state index contributed by atoms with van der Waals surface area (Å²) in [6, 6.07) is 1.65. The molecular weight excluding hydrogens is 270 g/mol. The molecule has 0 radical (unpaired) electrons. The lowest BCUT2D eigenvalue weighted by atomic mass is 9.97. The molecule has 2 aromatic rings. The van der Waals surface area contributed by atoms with Crippen molar-refractivity contribution < 1.29 is 14.4 Å². The average Bonchev–Trinajstić information content (AvgIpc) is 2.87. The minimum atomic E-state index is -0.525. The molecule has 1 amide bonds. The van der Waals surface area contributed by atoms with Crippen LogP contribution in [0.25, 0.3) is 11.1 Å². The first-order valence-corrected chi connectivity index (χ1v) is 7.29. The van der Waals surface area contributed by atoms with Crippen molar-refractivity contribution in [2.75, 3.05) is 6.54 Å². The Balaban J connectivity index is 1.93. The van der Waals surface area contributed by atoms with Crippen molar-refractivity contribution in [3.63, 3.8) is 0 Å². The Kier molecular flexibility index (Phi) is 3.63. The molecule has 1 N–H and O–H groups in total. The summed E-state index contributed by atoms with van der Waals surface area (Å²) < 4.78 is 5.06. The Bertz CT molecular complexity index is 665. The van der Waals surface area contributed by atoms with E-state index in [1.165, 1.54) is 6.20 Å². The highest BCUT2D eigenvalue weighted by molar-refractivity contribution is 5.97. The Hall–Kier alpha value is -1.95. The summed E-state index contributed by atoms with van der Waals surface area (Å²) in [5.41, 5.74) is 1.67. The number of rotatable bonds is 2. The molecule has 21 heavy (non-hydrogen) atoms. The van der Waals surface area contributed by atoms with Crippen molar-refractivity contribution in [1.82, 2.24) is 15.0 Å². The first-order valence-electron chi connectivity index (χ1n) is 7.29. The van der Waals surface area contributed by atoms with Crippen molar-refractivity contribution in [3.8, 4) is 0 Å². The molecule has 1 aliphatic heterocycles. The van der Waals surface area contributed by atoms with Gasteiger partial charge in [0.1, 0.15) is 0 Å². The zero-order valence-electron chi connectivity index (χ0n) is 12.2. The van der Waals surface area contributed by atoms with E-state index in [2.05, 4.69) is 10.1 Å². The minimum absolute atomic E-state index is 0.0874. The number of carbonyl (C=O) groups is 1. The normalized spacial score (nSPS) is 20.7. The van der Waals surface area contributed by atoms with E-state index in [9.17, 15) is 9.90 Å². The van der Waals surface area contributed by atoms with E-state index in [4.69, 9.17) is 4.52 Å². The molecule has 1 fully saturated rings. The average molecular weight is 289 g/mol. The molecule has 3 heterocycles. The Morgan fingerprint density at radius 1 is 1.52 bits per heavy atom. The van der Waals surface area contributed by atoms with Crippen LogP contribution in [-0.4, -0.2) is 44.7 Å². The number of aryl methyl sites for hydroxylation is 1. The lowest BCUT2D eigenvalue weighted by Crippen LogP contribution is -2.48. The lowest BCUT2D eigenvalue weighted by molar-refractivity contribution is 0.0281. The third-order valence-corrected chi connectivity index (χ3v) is 4.12. The Morgan fingerprint density at radius 3 is 3.10 bits per heavy atom. The lowest BCUT2D eigenvalue weighted by Gasteiger charge is -2.37. The minimum Gasteiger partial charge on any atom is -0.391 e. The van der Waals surface area contributed by atoms with Crippen LogP contribution < -0.4 is 0 Å². The smallest absolute Gasteiger partial charge is 0.257 e. The summed E-state index contributed by atoms with van der Waals surface area (Å²) in [4.78, 5) is 18.6. The first kappa shape index (κ1) is 14.0. The van der Waals surface area contributed by atoms with E-state index in [0.717, 1.165) is 30.3 Å². The Labute approximate surface area is 122 Å². The molecule has 112 valence electrons. The molecule has 0 bridgehead atoms. The summed E-state index contributed by atoms with van der Waals surface area (Å²) in [6.45, 7) is 4.23. The number of piperidine rings is 1. The van der Waals surface area contributed by atoms with Gasteiger partial charge in [0.25, 0.3) is 11.6 Å². The SMILES string of the molecule is Cc1noc2ncc(C(=O)N3CCCCC3C(C)O)cc12. The molecule has 0 aliphatic carbocycles. The highest BCUT2D eigenvalue weighted by atomic mass is 16.5. The number of fused-ring (bicyclic) bond motifs is 1. The second-order valence-electron chi connectivity index (χ2n) is 5.65. The van der Waals surface area contributed by atoms with Gasteiger partial charge in [-0.15, -0.1) is 0 Å². The fourth-order valence-corrected chi connectivity index (χ4v) is 2.94. The Morgan fingerprint density at radius 2 is 2.33 bits per heavy atom. The predicted molar refractivity (Wildman–Crippen MR) is 76.9 cm³/mol.